The molecule has 0 radical (unpaired) electrons. The Morgan fingerprint density at radius 1 is 0.860 bits per heavy atom. The zero-order valence-electron chi connectivity index (χ0n) is 30.9. The summed E-state index contributed by atoms with van der Waals surface area (Å²) in [5, 5.41) is 11.8. The first-order chi connectivity index (χ1) is 23.7. The van der Waals surface area contributed by atoms with Crippen molar-refractivity contribution in [2.75, 3.05) is 13.7 Å². The number of methoxy groups -OCH3 is 1. The van der Waals surface area contributed by atoms with Gasteiger partial charge >= 0.3 is 5.97 Å². The summed E-state index contributed by atoms with van der Waals surface area (Å²) >= 11 is 0. The number of rotatable bonds is 18. The minimum absolute atomic E-state index is 0.115. The van der Waals surface area contributed by atoms with Crippen LogP contribution in [-0.4, -0.2) is 71.6 Å². The fourth-order valence-electron chi connectivity index (χ4n) is 7.00. The third kappa shape index (κ3) is 11.4. The minimum atomic E-state index is -2.75. The Labute approximate surface area is 300 Å². The van der Waals surface area contributed by atoms with E-state index in [9.17, 15) is 14.7 Å². The Hall–Kier alpha value is -3.13. The molecule has 1 heterocycles. The second-order valence-corrected chi connectivity index (χ2v) is 24.1. The second-order valence-electron chi connectivity index (χ2n) is 15.3. The molecule has 0 amide bonds. The van der Waals surface area contributed by atoms with E-state index < -0.39 is 34.8 Å². The van der Waals surface area contributed by atoms with Gasteiger partial charge in [0.05, 0.1) is 44.6 Å². The number of Topliss-reactive ketones (excluding diaryl/α,β-unsaturated/α-hetero) is 1. The number of hydrogen-bond donors (Lipinski definition) is 1. The van der Waals surface area contributed by atoms with Crippen molar-refractivity contribution in [1.29, 1.82) is 0 Å². The van der Waals surface area contributed by atoms with Crippen LogP contribution in [0.25, 0.3) is 0 Å². The summed E-state index contributed by atoms with van der Waals surface area (Å²) in [6.45, 7) is 13.8. The van der Waals surface area contributed by atoms with E-state index in [1.165, 1.54) is 10.4 Å². The molecule has 1 saturated heterocycles. The van der Waals surface area contributed by atoms with Crippen LogP contribution in [0.2, 0.25) is 24.7 Å². The van der Waals surface area contributed by atoms with Crippen molar-refractivity contribution in [3.63, 3.8) is 0 Å². The number of ether oxygens (including phenoxy) is 3. The molecule has 1 fully saturated rings. The highest BCUT2D eigenvalue weighted by atomic mass is 28.4. The predicted octanol–water partition coefficient (Wildman–Crippen LogP) is 7.14. The van der Waals surface area contributed by atoms with Crippen LogP contribution in [-0.2, 0) is 34.5 Å². The van der Waals surface area contributed by atoms with Crippen molar-refractivity contribution in [3.8, 4) is 5.75 Å². The first-order valence-corrected chi connectivity index (χ1v) is 23.1. The molecular formula is C40H56O8Si2. The average Bonchev–Trinajstić information content (AvgIpc) is 3.04. The third-order valence-electron chi connectivity index (χ3n) is 9.09. The topological polar surface area (TPSA) is 101 Å². The Kier molecular flexibility index (Phi) is 14.2. The van der Waals surface area contributed by atoms with E-state index in [1.807, 2.05) is 56.0 Å². The van der Waals surface area contributed by atoms with E-state index in [0.29, 0.717) is 38.9 Å². The molecule has 3 aromatic carbocycles. The largest absolute Gasteiger partial charge is 0.497 e. The van der Waals surface area contributed by atoms with Gasteiger partial charge < -0.3 is 28.2 Å². The number of carboxylic acid groups (broad SMARTS) is 1. The molecule has 4 rings (SSSR count). The summed E-state index contributed by atoms with van der Waals surface area (Å²) in [7, 11) is -3.12. The van der Waals surface area contributed by atoms with Gasteiger partial charge in [0.15, 0.2) is 8.32 Å². The molecule has 1 aliphatic rings. The van der Waals surface area contributed by atoms with Gasteiger partial charge in [-0.05, 0) is 65.6 Å². The quantitative estimate of drug-likeness (QED) is 0.139. The van der Waals surface area contributed by atoms with E-state index >= 15 is 0 Å². The molecule has 50 heavy (non-hydrogen) atoms. The van der Waals surface area contributed by atoms with Crippen LogP contribution >= 0.6 is 0 Å². The summed E-state index contributed by atoms with van der Waals surface area (Å²) < 4.78 is 31.9. The van der Waals surface area contributed by atoms with Crippen LogP contribution in [0, 0.1) is 0 Å². The second kappa shape index (κ2) is 17.9. The standard InChI is InChI=1S/C40H56O8Si2/c1-40(2,3)50(37-14-10-8-11-15-37,38-16-12-9-13-17-38)46-23-22-33(45-29-30-18-20-32(44-4)21-19-30)26-34-24-31(41)25-35(47-34)27-36(28-39(42)43)48-49(5,6)7/h8-21,33-36H,22-29H2,1-7H3,(H,42,43)/t33-,34-,35+,36?/m0/s1. The molecule has 1 unspecified atom stereocenters. The van der Waals surface area contributed by atoms with Crippen LogP contribution < -0.4 is 15.1 Å². The summed E-state index contributed by atoms with van der Waals surface area (Å²) in [5.41, 5.74) is 1.02. The van der Waals surface area contributed by atoms with Gasteiger partial charge in [-0.25, -0.2) is 0 Å². The predicted molar refractivity (Wildman–Crippen MR) is 202 cm³/mol. The minimum Gasteiger partial charge on any atom is -0.497 e. The molecule has 4 atom stereocenters. The van der Waals surface area contributed by atoms with E-state index in [0.717, 1.165) is 11.3 Å². The van der Waals surface area contributed by atoms with Gasteiger partial charge in [-0.15, -0.1) is 0 Å². The number of carbonyl (C=O) groups excluding carboxylic acids is 1. The van der Waals surface area contributed by atoms with Crippen LogP contribution in [0.4, 0.5) is 0 Å². The van der Waals surface area contributed by atoms with E-state index in [4.69, 9.17) is 23.1 Å². The van der Waals surface area contributed by atoms with Gasteiger partial charge in [0, 0.05) is 25.9 Å². The first kappa shape index (κ1) is 39.7. The number of carboxylic acids is 1. The van der Waals surface area contributed by atoms with Gasteiger partial charge in [-0.3, -0.25) is 9.59 Å². The van der Waals surface area contributed by atoms with Gasteiger partial charge in [0.1, 0.15) is 11.5 Å². The highest BCUT2D eigenvalue weighted by Crippen LogP contribution is 2.37. The van der Waals surface area contributed by atoms with Crippen LogP contribution in [0.3, 0.4) is 0 Å². The van der Waals surface area contributed by atoms with Crippen molar-refractivity contribution < 1.29 is 37.8 Å². The fourth-order valence-corrected chi connectivity index (χ4v) is 12.8. The molecule has 1 N–H and O–H groups in total. The average molecular weight is 721 g/mol. The lowest BCUT2D eigenvalue weighted by Crippen LogP contribution is -2.66. The first-order valence-electron chi connectivity index (χ1n) is 17.7. The molecule has 1 aliphatic heterocycles. The van der Waals surface area contributed by atoms with Crippen molar-refractivity contribution in [2.45, 2.75) is 115 Å². The molecule has 0 saturated carbocycles. The molecule has 272 valence electrons. The monoisotopic (exact) mass is 720 g/mol. The maximum absolute atomic E-state index is 13.1. The summed E-state index contributed by atoms with van der Waals surface area (Å²) in [6.07, 6.45) is 0.426. The third-order valence-corrected chi connectivity index (χ3v) is 15.2. The van der Waals surface area contributed by atoms with E-state index in [1.54, 1.807) is 7.11 Å². The Morgan fingerprint density at radius 3 is 1.88 bits per heavy atom. The van der Waals surface area contributed by atoms with Gasteiger partial charge in [0.2, 0.25) is 0 Å². The SMILES string of the molecule is COc1ccc(CO[C@@H](CCO[Si](c2ccccc2)(c2ccccc2)C(C)(C)C)C[C@@H]2CC(=O)C[C@H](CC(CC(=O)O)O[Si](C)(C)C)O2)cc1. The molecular weight excluding hydrogens is 665 g/mol. The van der Waals surface area contributed by atoms with Crippen molar-refractivity contribution in [2.24, 2.45) is 0 Å². The Balaban J connectivity index is 1.55. The zero-order valence-corrected chi connectivity index (χ0v) is 32.9. The normalized spacial score (nSPS) is 18.4. The van der Waals surface area contributed by atoms with Crippen LogP contribution in [0.5, 0.6) is 5.75 Å². The highest BCUT2D eigenvalue weighted by Gasteiger charge is 2.50. The number of aliphatic carboxylic acids is 1. The molecule has 0 bridgehead atoms. The van der Waals surface area contributed by atoms with Crippen molar-refractivity contribution in [3.05, 3.63) is 90.5 Å². The summed E-state index contributed by atoms with van der Waals surface area (Å²) in [6, 6.07) is 29.0. The molecule has 0 spiro atoms. The summed E-state index contributed by atoms with van der Waals surface area (Å²) in [5.74, 6) is -0.0194. The molecule has 3 aromatic rings. The fraction of sp³-hybridized carbons (Fsp3) is 0.500. The number of ketones is 1. The lowest BCUT2D eigenvalue weighted by Gasteiger charge is -2.43. The lowest BCUT2D eigenvalue weighted by atomic mass is 9.94. The van der Waals surface area contributed by atoms with Crippen molar-refractivity contribution >= 4 is 38.8 Å². The molecule has 0 aromatic heterocycles. The molecule has 8 nitrogen and oxygen atoms in total. The number of hydrogen-bond acceptors (Lipinski definition) is 7. The number of carbonyl (C=O) groups is 2. The van der Waals surface area contributed by atoms with Gasteiger partial charge in [0.25, 0.3) is 8.32 Å². The Morgan fingerprint density at radius 2 is 1.40 bits per heavy atom. The molecule has 0 aliphatic carbocycles. The van der Waals surface area contributed by atoms with Crippen LogP contribution in [0.15, 0.2) is 84.9 Å². The van der Waals surface area contributed by atoms with Gasteiger partial charge in [-0.1, -0.05) is 93.6 Å². The molecule has 10 heteroatoms. The maximum Gasteiger partial charge on any atom is 0.305 e. The van der Waals surface area contributed by atoms with E-state index in [2.05, 4.69) is 69.3 Å². The maximum atomic E-state index is 13.1. The van der Waals surface area contributed by atoms with Gasteiger partial charge in [-0.2, -0.15) is 0 Å². The zero-order chi connectivity index (χ0) is 36.4. The Bertz CT molecular complexity index is 1450. The number of benzene rings is 3. The van der Waals surface area contributed by atoms with Crippen molar-refractivity contribution in [1.82, 2.24) is 0 Å². The van der Waals surface area contributed by atoms with E-state index in [-0.39, 0.29) is 35.9 Å². The smallest absolute Gasteiger partial charge is 0.305 e. The lowest BCUT2D eigenvalue weighted by molar-refractivity contribution is -0.143. The summed E-state index contributed by atoms with van der Waals surface area (Å²) in [4.78, 5) is 24.7. The van der Waals surface area contributed by atoms with Crippen LogP contribution in [0.1, 0.15) is 64.9 Å². The highest BCUT2D eigenvalue weighted by molar-refractivity contribution is 6.99.